The number of hydrogen-bond donors (Lipinski definition) is 1. The zero-order chi connectivity index (χ0) is 10.6. The third-order valence-electron chi connectivity index (χ3n) is 1.72. The van der Waals surface area contributed by atoms with Crippen LogP contribution in [0.25, 0.3) is 0 Å². The van der Waals surface area contributed by atoms with Crippen LogP contribution in [0.3, 0.4) is 0 Å². The maximum atomic E-state index is 5.59. The van der Waals surface area contributed by atoms with Gasteiger partial charge in [-0.3, -0.25) is 0 Å². The Morgan fingerprint density at radius 3 is 2.50 bits per heavy atom. The van der Waals surface area contributed by atoms with E-state index in [9.17, 15) is 0 Å². The molecular formula is C11H19NO2. The molecule has 0 aromatic carbocycles. The summed E-state index contributed by atoms with van der Waals surface area (Å²) in [7, 11) is 1.90. The Morgan fingerprint density at radius 2 is 1.93 bits per heavy atom. The lowest BCUT2D eigenvalue weighted by molar-refractivity contribution is -0.0227. The van der Waals surface area contributed by atoms with Crippen molar-refractivity contribution in [1.29, 1.82) is 0 Å². The average Bonchev–Trinajstić information content (AvgIpc) is 2.49. The van der Waals surface area contributed by atoms with Crippen molar-refractivity contribution in [3.63, 3.8) is 0 Å². The number of rotatable bonds is 4. The fourth-order valence-corrected chi connectivity index (χ4v) is 1.06. The molecule has 1 aromatic heterocycles. The van der Waals surface area contributed by atoms with Crippen LogP contribution in [0.4, 0.5) is 0 Å². The Labute approximate surface area is 85.4 Å². The van der Waals surface area contributed by atoms with Gasteiger partial charge in [0.15, 0.2) is 0 Å². The van der Waals surface area contributed by atoms with Crippen molar-refractivity contribution < 1.29 is 9.15 Å². The predicted molar refractivity (Wildman–Crippen MR) is 56.0 cm³/mol. The highest BCUT2D eigenvalue weighted by molar-refractivity contribution is 5.06. The second kappa shape index (κ2) is 4.62. The van der Waals surface area contributed by atoms with Gasteiger partial charge >= 0.3 is 0 Å². The Kier molecular flexibility index (Phi) is 3.72. The fourth-order valence-electron chi connectivity index (χ4n) is 1.06. The third kappa shape index (κ3) is 3.94. The van der Waals surface area contributed by atoms with E-state index in [4.69, 9.17) is 9.15 Å². The highest BCUT2D eigenvalue weighted by Gasteiger charge is 2.11. The molecular weight excluding hydrogens is 178 g/mol. The van der Waals surface area contributed by atoms with Crippen molar-refractivity contribution in [3.05, 3.63) is 23.7 Å². The van der Waals surface area contributed by atoms with Crippen LogP contribution in [0.5, 0.6) is 0 Å². The van der Waals surface area contributed by atoms with E-state index in [2.05, 4.69) is 5.32 Å². The second-order valence-electron chi connectivity index (χ2n) is 4.30. The standard InChI is InChI=1S/C11H19NO2/c1-11(2,3)13-8-10-6-5-9(14-10)7-12-4/h5-6,12H,7-8H2,1-4H3. The van der Waals surface area contributed by atoms with E-state index in [0.717, 1.165) is 18.1 Å². The van der Waals surface area contributed by atoms with Gasteiger partial charge in [-0.25, -0.2) is 0 Å². The lowest BCUT2D eigenvalue weighted by Gasteiger charge is -2.18. The lowest BCUT2D eigenvalue weighted by atomic mass is 10.2. The molecule has 0 spiro atoms. The molecule has 0 bridgehead atoms. The topological polar surface area (TPSA) is 34.4 Å². The Bertz CT molecular complexity index is 273. The Balaban J connectivity index is 2.44. The molecule has 0 unspecified atom stereocenters. The van der Waals surface area contributed by atoms with E-state index in [1.54, 1.807) is 0 Å². The zero-order valence-corrected chi connectivity index (χ0v) is 9.39. The van der Waals surface area contributed by atoms with Crippen LogP contribution in [0, 0.1) is 0 Å². The molecule has 3 nitrogen and oxygen atoms in total. The van der Waals surface area contributed by atoms with Gasteiger partial charge in [-0.05, 0) is 40.0 Å². The Morgan fingerprint density at radius 1 is 1.29 bits per heavy atom. The number of furan rings is 1. The first kappa shape index (κ1) is 11.3. The number of ether oxygens (including phenoxy) is 1. The second-order valence-corrected chi connectivity index (χ2v) is 4.30. The molecule has 1 N–H and O–H groups in total. The summed E-state index contributed by atoms with van der Waals surface area (Å²) < 4.78 is 11.1. The van der Waals surface area contributed by atoms with Gasteiger partial charge in [-0.2, -0.15) is 0 Å². The predicted octanol–water partition coefficient (Wildman–Crippen LogP) is 2.31. The first-order valence-electron chi connectivity index (χ1n) is 4.87. The van der Waals surface area contributed by atoms with Gasteiger partial charge in [0.2, 0.25) is 0 Å². The highest BCUT2D eigenvalue weighted by atomic mass is 16.5. The van der Waals surface area contributed by atoms with Crippen molar-refractivity contribution in [2.45, 2.75) is 39.5 Å². The molecule has 3 heteroatoms. The lowest BCUT2D eigenvalue weighted by Crippen LogP contribution is -2.18. The van der Waals surface area contributed by atoms with Crippen LogP contribution in [-0.4, -0.2) is 12.6 Å². The third-order valence-corrected chi connectivity index (χ3v) is 1.72. The van der Waals surface area contributed by atoms with Gasteiger partial charge in [-0.15, -0.1) is 0 Å². The number of nitrogens with one attached hydrogen (secondary N) is 1. The molecule has 1 heterocycles. The molecule has 0 saturated carbocycles. The summed E-state index contributed by atoms with van der Waals surface area (Å²) in [6, 6.07) is 3.93. The summed E-state index contributed by atoms with van der Waals surface area (Å²) in [4.78, 5) is 0. The van der Waals surface area contributed by atoms with Gasteiger partial charge < -0.3 is 14.5 Å². The molecule has 0 aliphatic carbocycles. The number of hydrogen-bond acceptors (Lipinski definition) is 3. The van der Waals surface area contributed by atoms with Crippen molar-refractivity contribution in [3.8, 4) is 0 Å². The van der Waals surface area contributed by atoms with E-state index in [1.165, 1.54) is 0 Å². The van der Waals surface area contributed by atoms with Crippen LogP contribution in [0.2, 0.25) is 0 Å². The molecule has 0 atom stereocenters. The fraction of sp³-hybridized carbons (Fsp3) is 0.636. The van der Waals surface area contributed by atoms with Gasteiger partial charge in [0, 0.05) is 0 Å². The van der Waals surface area contributed by atoms with E-state index in [1.807, 2.05) is 40.0 Å². The van der Waals surface area contributed by atoms with E-state index in [-0.39, 0.29) is 5.60 Å². The van der Waals surface area contributed by atoms with Crippen molar-refractivity contribution >= 4 is 0 Å². The molecule has 0 radical (unpaired) electrons. The molecule has 0 fully saturated rings. The van der Waals surface area contributed by atoms with E-state index < -0.39 is 0 Å². The van der Waals surface area contributed by atoms with Crippen LogP contribution in [0.15, 0.2) is 16.5 Å². The van der Waals surface area contributed by atoms with Gasteiger partial charge in [0.05, 0.1) is 12.1 Å². The van der Waals surface area contributed by atoms with E-state index in [0.29, 0.717) is 6.61 Å². The molecule has 1 aromatic rings. The van der Waals surface area contributed by atoms with Crippen LogP contribution >= 0.6 is 0 Å². The average molecular weight is 197 g/mol. The minimum absolute atomic E-state index is 0.115. The summed E-state index contributed by atoms with van der Waals surface area (Å²) in [5.41, 5.74) is -0.115. The van der Waals surface area contributed by atoms with E-state index >= 15 is 0 Å². The Hall–Kier alpha value is -0.800. The summed E-state index contributed by atoms with van der Waals surface area (Å²) >= 11 is 0. The molecule has 0 aliphatic heterocycles. The molecule has 0 aliphatic rings. The quantitative estimate of drug-likeness (QED) is 0.804. The summed E-state index contributed by atoms with van der Waals surface area (Å²) in [5, 5.41) is 3.04. The smallest absolute Gasteiger partial charge is 0.129 e. The van der Waals surface area contributed by atoms with Gasteiger partial charge in [-0.1, -0.05) is 0 Å². The zero-order valence-electron chi connectivity index (χ0n) is 9.39. The molecule has 0 saturated heterocycles. The van der Waals surface area contributed by atoms with Crippen molar-refractivity contribution in [2.75, 3.05) is 7.05 Å². The van der Waals surface area contributed by atoms with Crippen LogP contribution in [0.1, 0.15) is 32.3 Å². The van der Waals surface area contributed by atoms with Gasteiger partial charge in [0.25, 0.3) is 0 Å². The molecule has 1 rings (SSSR count). The van der Waals surface area contributed by atoms with Crippen molar-refractivity contribution in [2.24, 2.45) is 0 Å². The monoisotopic (exact) mass is 197 g/mol. The highest BCUT2D eigenvalue weighted by Crippen LogP contribution is 2.14. The molecule has 80 valence electrons. The van der Waals surface area contributed by atoms with Crippen LogP contribution in [-0.2, 0) is 17.9 Å². The maximum absolute atomic E-state index is 5.59. The first-order chi connectivity index (χ1) is 6.51. The largest absolute Gasteiger partial charge is 0.462 e. The minimum atomic E-state index is -0.115. The van der Waals surface area contributed by atoms with Gasteiger partial charge in [0.1, 0.15) is 18.1 Å². The van der Waals surface area contributed by atoms with Crippen LogP contribution < -0.4 is 5.32 Å². The summed E-state index contributed by atoms with van der Waals surface area (Å²) in [6.07, 6.45) is 0. The summed E-state index contributed by atoms with van der Waals surface area (Å²) in [6.45, 7) is 7.39. The van der Waals surface area contributed by atoms with Crippen molar-refractivity contribution in [1.82, 2.24) is 5.32 Å². The maximum Gasteiger partial charge on any atom is 0.129 e. The summed E-state index contributed by atoms with van der Waals surface area (Å²) in [5.74, 6) is 1.82. The first-order valence-corrected chi connectivity index (χ1v) is 4.87. The normalized spacial score (nSPS) is 12.0. The molecule has 14 heavy (non-hydrogen) atoms. The minimum Gasteiger partial charge on any atom is -0.462 e. The molecule has 0 amide bonds. The SMILES string of the molecule is CNCc1ccc(COC(C)(C)C)o1.